The highest BCUT2D eigenvalue weighted by atomic mass is 32.2. The van der Waals surface area contributed by atoms with Gasteiger partial charge in [-0.15, -0.1) is 0 Å². The molecule has 0 rings (SSSR count). The Kier molecular flexibility index (Phi) is 5.27. The first-order valence-corrected chi connectivity index (χ1v) is 7.49. The second-order valence-corrected chi connectivity index (χ2v) is 7.85. The Bertz CT molecular complexity index is 277. The maximum atomic E-state index is 11.0. The van der Waals surface area contributed by atoms with E-state index in [0.29, 0.717) is 5.92 Å². The van der Waals surface area contributed by atoms with Gasteiger partial charge in [0.1, 0.15) is 9.84 Å². The van der Waals surface area contributed by atoms with E-state index in [0.717, 1.165) is 6.54 Å². The van der Waals surface area contributed by atoms with E-state index in [1.807, 2.05) is 6.92 Å². The predicted octanol–water partition coefficient (Wildman–Crippen LogP) is 1.69. The molecule has 0 aromatic carbocycles. The second-order valence-electron chi connectivity index (χ2n) is 5.67. The van der Waals surface area contributed by atoms with E-state index in [1.165, 1.54) is 6.26 Å². The summed E-state index contributed by atoms with van der Waals surface area (Å²) in [6.45, 7) is 11.5. The molecule has 0 amide bonds. The third kappa shape index (κ3) is 7.79. The van der Waals surface area contributed by atoms with E-state index < -0.39 is 9.84 Å². The first kappa shape index (κ1) is 14.9. The van der Waals surface area contributed by atoms with Crippen molar-refractivity contribution in [1.29, 1.82) is 0 Å². The van der Waals surface area contributed by atoms with Gasteiger partial charge in [-0.2, -0.15) is 0 Å². The fourth-order valence-corrected chi connectivity index (χ4v) is 2.22. The standard InChI is InChI=1S/C11H25NO2S/c1-9(11(3,4)5)7-12-10(2)8-15(6,13)14/h9-10,12H,7-8H2,1-6H3. The molecule has 1 N–H and O–H groups in total. The van der Waals surface area contributed by atoms with Gasteiger partial charge in [0, 0.05) is 12.3 Å². The number of sulfone groups is 1. The van der Waals surface area contributed by atoms with Crippen molar-refractivity contribution in [3.8, 4) is 0 Å². The molecule has 0 aromatic heterocycles. The molecule has 0 saturated heterocycles. The molecule has 0 aromatic rings. The van der Waals surface area contributed by atoms with Crippen LogP contribution in [0.4, 0.5) is 0 Å². The number of rotatable bonds is 5. The molecule has 0 saturated carbocycles. The van der Waals surface area contributed by atoms with Crippen LogP contribution in [0.2, 0.25) is 0 Å². The molecule has 0 heterocycles. The van der Waals surface area contributed by atoms with Gasteiger partial charge in [-0.1, -0.05) is 27.7 Å². The van der Waals surface area contributed by atoms with Crippen molar-refractivity contribution in [2.45, 2.75) is 40.7 Å². The summed E-state index contributed by atoms with van der Waals surface area (Å²) in [5.41, 5.74) is 0.262. The molecule has 0 aliphatic heterocycles. The summed E-state index contributed by atoms with van der Waals surface area (Å²) in [6.07, 6.45) is 1.28. The van der Waals surface area contributed by atoms with Gasteiger partial charge >= 0.3 is 0 Å². The topological polar surface area (TPSA) is 46.2 Å². The zero-order chi connectivity index (χ0) is 12.3. The van der Waals surface area contributed by atoms with E-state index in [9.17, 15) is 8.42 Å². The molecule has 0 spiro atoms. The van der Waals surface area contributed by atoms with E-state index in [-0.39, 0.29) is 17.2 Å². The minimum Gasteiger partial charge on any atom is -0.313 e. The zero-order valence-corrected chi connectivity index (χ0v) is 11.6. The van der Waals surface area contributed by atoms with Gasteiger partial charge in [-0.25, -0.2) is 8.42 Å². The Morgan fingerprint density at radius 1 is 1.20 bits per heavy atom. The van der Waals surface area contributed by atoms with E-state index in [4.69, 9.17) is 0 Å². The van der Waals surface area contributed by atoms with Gasteiger partial charge < -0.3 is 5.32 Å². The zero-order valence-electron chi connectivity index (χ0n) is 10.8. The van der Waals surface area contributed by atoms with Gasteiger partial charge in [0.25, 0.3) is 0 Å². The molecule has 92 valence electrons. The Balaban J connectivity index is 3.97. The SMILES string of the molecule is CC(CS(C)(=O)=O)NCC(C)C(C)(C)C. The van der Waals surface area contributed by atoms with Crippen LogP contribution in [0.1, 0.15) is 34.6 Å². The third-order valence-corrected chi connectivity index (χ3v) is 3.91. The van der Waals surface area contributed by atoms with Crippen molar-refractivity contribution in [3.05, 3.63) is 0 Å². The van der Waals surface area contributed by atoms with Crippen LogP contribution in [0.3, 0.4) is 0 Å². The lowest BCUT2D eigenvalue weighted by Crippen LogP contribution is -2.38. The average molecular weight is 235 g/mol. The normalized spacial score (nSPS) is 17.5. The average Bonchev–Trinajstić information content (AvgIpc) is 1.94. The number of hydrogen-bond donors (Lipinski definition) is 1. The summed E-state index contributed by atoms with van der Waals surface area (Å²) in [4.78, 5) is 0. The van der Waals surface area contributed by atoms with Crippen LogP contribution in [-0.2, 0) is 9.84 Å². The van der Waals surface area contributed by atoms with Gasteiger partial charge in [0.2, 0.25) is 0 Å². The number of nitrogens with one attached hydrogen (secondary N) is 1. The summed E-state index contributed by atoms with van der Waals surface area (Å²) in [5, 5.41) is 3.27. The maximum Gasteiger partial charge on any atom is 0.148 e. The van der Waals surface area contributed by atoms with E-state index >= 15 is 0 Å². The highest BCUT2D eigenvalue weighted by Crippen LogP contribution is 2.24. The fraction of sp³-hybridized carbons (Fsp3) is 1.00. The van der Waals surface area contributed by atoms with Crippen molar-refractivity contribution in [2.24, 2.45) is 11.3 Å². The summed E-state index contributed by atoms with van der Waals surface area (Å²) >= 11 is 0. The van der Waals surface area contributed by atoms with Crippen molar-refractivity contribution < 1.29 is 8.42 Å². The van der Waals surface area contributed by atoms with E-state index in [2.05, 4.69) is 33.0 Å². The lowest BCUT2D eigenvalue weighted by Gasteiger charge is -2.28. The molecule has 0 aliphatic carbocycles. The van der Waals surface area contributed by atoms with Crippen molar-refractivity contribution in [1.82, 2.24) is 5.32 Å². The molecule has 3 nitrogen and oxygen atoms in total. The fourth-order valence-electron chi connectivity index (χ4n) is 1.20. The van der Waals surface area contributed by atoms with Crippen LogP contribution in [0.15, 0.2) is 0 Å². The summed E-state index contributed by atoms with van der Waals surface area (Å²) in [7, 11) is -2.87. The smallest absolute Gasteiger partial charge is 0.148 e. The molecule has 0 aliphatic rings. The quantitative estimate of drug-likeness (QED) is 0.789. The summed E-state index contributed by atoms with van der Waals surface area (Å²) in [6, 6.07) is 0.0322. The number of hydrogen-bond acceptors (Lipinski definition) is 3. The monoisotopic (exact) mass is 235 g/mol. The van der Waals surface area contributed by atoms with Gasteiger partial charge in [-0.05, 0) is 24.8 Å². The van der Waals surface area contributed by atoms with Crippen molar-refractivity contribution in [3.63, 3.8) is 0 Å². The van der Waals surface area contributed by atoms with Crippen LogP contribution < -0.4 is 5.32 Å². The predicted molar refractivity (Wildman–Crippen MR) is 65.8 cm³/mol. The summed E-state index contributed by atoms with van der Waals surface area (Å²) < 4.78 is 22.1. The summed E-state index contributed by atoms with van der Waals surface area (Å²) in [5.74, 6) is 0.739. The molecule has 2 atom stereocenters. The first-order valence-electron chi connectivity index (χ1n) is 5.43. The lowest BCUT2D eigenvalue weighted by molar-refractivity contribution is 0.248. The molecule has 0 fully saturated rings. The Morgan fingerprint density at radius 2 is 1.67 bits per heavy atom. The van der Waals surface area contributed by atoms with Gasteiger partial charge in [0.15, 0.2) is 0 Å². The van der Waals surface area contributed by atoms with Crippen molar-refractivity contribution >= 4 is 9.84 Å². The first-order chi connectivity index (χ1) is 6.52. The minimum absolute atomic E-state index is 0.0322. The molecular weight excluding hydrogens is 210 g/mol. The van der Waals surface area contributed by atoms with Crippen LogP contribution in [0.5, 0.6) is 0 Å². The van der Waals surface area contributed by atoms with Crippen LogP contribution in [0, 0.1) is 11.3 Å². The molecule has 0 bridgehead atoms. The van der Waals surface area contributed by atoms with Crippen LogP contribution in [-0.4, -0.2) is 33.0 Å². The largest absolute Gasteiger partial charge is 0.313 e. The van der Waals surface area contributed by atoms with Crippen molar-refractivity contribution in [2.75, 3.05) is 18.6 Å². The van der Waals surface area contributed by atoms with E-state index in [1.54, 1.807) is 0 Å². The lowest BCUT2D eigenvalue weighted by atomic mass is 9.82. The molecule has 15 heavy (non-hydrogen) atoms. The Morgan fingerprint density at radius 3 is 2.00 bits per heavy atom. The van der Waals surface area contributed by atoms with Gasteiger partial charge in [0.05, 0.1) is 5.75 Å². The third-order valence-electron chi connectivity index (χ3n) is 2.80. The minimum atomic E-state index is -2.87. The molecule has 0 radical (unpaired) electrons. The molecular formula is C11H25NO2S. The Labute approximate surface area is 94.6 Å². The molecule has 2 unspecified atom stereocenters. The maximum absolute atomic E-state index is 11.0. The van der Waals surface area contributed by atoms with Crippen LogP contribution >= 0.6 is 0 Å². The molecule has 4 heteroatoms. The Hall–Kier alpha value is -0.0900. The second kappa shape index (κ2) is 5.30. The van der Waals surface area contributed by atoms with Gasteiger partial charge in [-0.3, -0.25) is 0 Å². The van der Waals surface area contributed by atoms with Crippen LogP contribution in [0.25, 0.3) is 0 Å². The highest BCUT2D eigenvalue weighted by molar-refractivity contribution is 7.90. The highest BCUT2D eigenvalue weighted by Gasteiger charge is 2.20.